The standard InChI is InChI=1S/C9H8S4/c10-13-9(7-1-3-11-5-7)8-2-4-12-6-8/h1-6,9-10H. The lowest BCUT2D eigenvalue weighted by Crippen LogP contribution is -1.89. The van der Waals surface area contributed by atoms with Crippen LogP contribution in [-0.2, 0) is 0 Å². The van der Waals surface area contributed by atoms with Gasteiger partial charge in [0.2, 0.25) is 0 Å². The summed E-state index contributed by atoms with van der Waals surface area (Å²) < 4.78 is 0. The van der Waals surface area contributed by atoms with Crippen molar-refractivity contribution in [1.82, 2.24) is 0 Å². The first-order chi connectivity index (χ1) is 6.42. The molecule has 0 unspecified atom stereocenters. The van der Waals surface area contributed by atoms with Gasteiger partial charge < -0.3 is 0 Å². The van der Waals surface area contributed by atoms with Crippen molar-refractivity contribution in [3.8, 4) is 0 Å². The number of hydrogen-bond acceptors (Lipinski definition) is 4. The molecule has 0 atom stereocenters. The van der Waals surface area contributed by atoms with Crippen molar-refractivity contribution in [2.45, 2.75) is 5.25 Å². The maximum Gasteiger partial charge on any atom is 0.0664 e. The van der Waals surface area contributed by atoms with Crippen LogP contribution in [0.25, 0.3) is 0 Å². The van der Waals surface area contributed by atoms with E-state index in [4.69, 9.17) is 0 Å². The van der Waals surface area contributed by atoms with Crippen LogP contribution in [0.3, 0.4) is 0 Å². The van der Waals surface area contributed by atoms with Crippen LogP contribution in [0.5, 0.6) is 0 Å². The van der Waals surface area contributed by atoms with Crippen LogP contribution in [0, 0.1) is 0 Å². The molecule has 2 aromatic heterocycles. The van der Waals surface area contributed by atoms with Crippen molar-refractivity contribution in [1.29, 1.82) is 0 Å². The molecule has 0 aliphatic carbocycles. The smallest absolute Gasteiger partial charge is 0.0664 e. The second-order valence-electron chi connectivity index (χ2n) is 2.60. The van der Waals surface area contributed by atoms with Crippen molar-refractivity contribution in [2.75, 3.05) is 0 Å². The Morgan fingerprint density at radius 2 is 1.62 bits per heavy atom. The molecule has 0 spiro atoms. The summed E-state index contributed by atoms with van der Waals surface area (Å²) in [6.45, 7) is 0. The Morgan fingerprint density at radius 1 is 1.08 bits per heavy atom. The molecule has 2 heterocycles. The van der Waals surface area contributed by atoms with Gasteiger partial charge in [-0.05, 0) is 44.8 Å². The van der Waals surface area contributed by atoms with E-state index in [-0.39, 0.29) is 0 Å². The molecule has 68 valence electrons. The average molecular weight is 244 g/mol. The van der Waals surface area contributed by atoms with E-state index in [2.05, 4.69) is 45.3 Å². The van der Waals surface area contributed by atoms with Crippen LogP contribution < -0.4 is 0 Å². The second kappa shape index (κ2) is 4.55. The van der Waals surface area contributed by atoms with Gasteiger partial charge in [-0.25, -0.2) is 0 Å². The van der Waals surface area contributed by atoms with Gasteiger partial charge in [-0.1, -0.05) is 10.8 Å². The van der Waals surface area contributed by atoms with E-state index < -0.39 is 0 Å². The van der Waals surface area contributed by atoms with Gasteiger partial charge in [-0.2, -0.15) is 22.7 Å². The predicted octanol–water partition coefficient (Wildman–Crippen LogP) is 4.48. The summed E-state index contributed by atoms with van der Waals surface area (Å²) in [7, 11) is 1.59. The largest absolute Gasteiger partial charge is 0.152 e. The Hall–Kier alpha value is 0.1000. The van der Waals surface area contributed by atoms with Crippen LogP contribution in [0.2, 0.25) is 0 Å². The van der Waals surface area contributed by atoms with Crippen LogP contribution in [0.15, 0.2) is 33.7 Å². The summed E-state index contributed by atoms with van der Waals surface area (Å²) in [6.07, 6.45) is 0. The number of hydrogen-bond donors (Lipinski definition) is 1. The van der Waals surface area contributed by atoms with Crippen LogP contribution in [0.4, 0.5) is 0 Å². The van der Waals surface area contributed by atoms with Crippen molar-refractivity contribution in [3.05, 3.63) is 44.8 Å². The molecule has 13 heavy (non-hydrogen) atoms. The van der Waals surface area contributed by atoms with Crippen LogP contribution in [-0.4, -0.2) is 0 Å². The SMILES string of the molecule is SSC(c1ccsc1)c1ccsc1. The summed E-state index contributed by atoms with van der Waals surface area (Å²) in [6, 6.07) is 4.33. The van der Waals surface area contributed by atoms with E-state index in [0.29, 0.717) is 5.25 Å². The topological polar surface area (TPSA) is 0 Å². The van der Waals surface area contributed by atoms with E-state index >= 15 is 0 Å². The third-order valence-corrected chi connectivity index (χ3v) is 4.59. The minimum atomic E-state index is 0.390. The number of thiophene rings is 2. The molecular formula is C9H8S4. The minimum Gasteiger partial charge on any atom is -0.152 e. The highest BCUT2D eigenvalue weighted by Gasteiger charge is 2.13. The van der Waals surface area contributed by atoms with E-state index in [1.807, 2.05) is 0 Å². The summed E-state index contributed by atoms with van der Waals surface area (Å²) in [5, 5.41) is 8.98. The normalized spacial score (nSPS) is 10.9. The van der Waals surface area contributed by atoms with Crippen molar-refractivity contribution < 1.29 is 0 Å². The zero-order chi connectivity index (χ0) is 9.10. The molecule has 0 saturated heterocycles. The molecular weight excluding hydrogens is 236 g/mol. The molecule has 0 saturated carbocycles. The molecule has 0 aliphatic heterocycles. The molecule has 0 aliphatic rings. The predicted molar refractivity (Wildman–Crippen MR) is 67.1 cm³/mol. The van der Waals surface area contributed by atoms with E-state index in [1.165, 1.54) is 11.1 Å². The van der Waals surface area contributed by atoms with Gasteiger partial charge >= 0.3 is 0 Å². The fraction of sp³-hybridized carbons (Fsp3) is 0.111. The first-order valence-electron chi connectivity index (χ1n) is 3.76. The maximum atomic E-state index is 4.31. The fourth-order valence-electron chi connectivity index (χ4n) is 1.16. The summed E-state index contributed by atoms with van der Waals surface area (Å²) in [4.78, 5) is 0. The van der Waals surface area contributed by atoms with Gasteiger partial charge in [0.1, 0.15) is 0 Å². The Morgan fingerprint density at radius 3 is 1.92 bits per heavy atom. The first kappa shape index (κ1) is 9.65. The van der Waals surface area contributed by atoms with Gasteiger partial charge in [0.15, 0.2) is 0 Å². The highest BCUT2D eigenvalue weighted by Crippen LogP contribution is 2.39. The van der Waals surface area contributed by atoms with E-state index in [9.17, 15) is 0 Å². The second-order valence-corrected chi connectivity index (χ2v) is 5.47. The molecule has 0 fully saturated rings. The molecule has 4 heteroatoms. The zero-order valence-electron chi connectivity index (χ0n) is 6.71. The highest BCUT2D eigenvalue weighted by molar-refractivity contribution is 8.68. The minimum absolute atomic E-state index is 0.390. The summed E-state index contributed by atoms with van der Waals surface area (Å²) in [5.74, 6) is 0. The number of rotatable bonds is 3. The van der Waals surface area contributed by atoms with Crippen molar-refractivity contribution in [3.63, 3.8) is 0 Å². The van der Waals surface area contributed by atoms with Crippen LogP contribution >= 0.6 is 45.1 Å². The third kappa shape index (κ3) is 2.13. The first-order valence-corrected chi connectivity index (χ1v) is 7.58. The maximum absolute atomic E-state index is 4.31. The summed E-state index contributed by atoms with van der Waals surface area (Å²) >= 11 is 7.79. The molecule has 0 aromatic carbocycles. The van der Waals surface area contributed by atoms with Crippen molar-refractivity contribution >= 4 is 45.1 Å². The molecule has 0 radical (unpaired) electrons. The third-order valence-electron chi connectivity index (χ3n) is 1.80. The Balaban J connectivity index is 2.29. The average Bonchev–Trinajstić information content (AvgIpc) is 2.76. The lowest BCUT2D eigenvalue weighted by molar-refractivity contribution is 1.20. The fourth-order valence-corrected chi connectivity index (χ4v) is 3.97. The van der Waals surface area contributed by atoms with Crippen molar-refractivity contribution in [2.24, 2.45) is 0 Å². The van der Waals surface area contributed by atoms with Gasteiger partial charge in [0.25, 0.3) is 0 Å². The van der Waals surface area contributed by atoms with Crippen LogP contribution in [0.1, 0.15) is 16.4 Å². The monoisotopic (exact) mass is 244 g/mol. The lowest BCUT2D eigenvalue weighted by atomic mass is 10.1. The molecule has 0 bridgehead atoms. The molecule has 0 nitrogen and oxygen atoms in total. The highest BCUT2D eigenvalue weighted by atomic mass is 33.1. The zero-order valence-corrected chi connectivity index (χ0v) is 10.1. The molecule has 2 rings (SSSR count). The van der Waals surface area contributed by atoms with Gasteiger partial charge in [-0.3, -0.25) is 0 Å². The Bertz CT molecular complexity index is 301. The lowest BCUT2D eigenvalue weighted by Gasteiger charge is -2.09. The molecule has 0 N–H and O–H groups in total. The Labute approximate surface area is 94.8 Å². The summed E-state index contributed by atoms with van der Waals surface area (Å²) in [5.41, 5.74) is 2.70. The van der Waals surface area contributed by atoms with Gasteiger partial charge in [-0.15, -0.1) is 11.7 Å². The van der Waals surface area contributed by atoms with Gasteiger partial charge in [0, 0.05) is 0 Å². The molecule has 0 amide bonds. The Kier molecular flexibility index (Phi) is 3.38. The number of thiol groups is 1. The molecule has 2 aromatic rings. The van der Waals surface area contributed by atoms with E-state index in [0.717, 1.165) is 0 Å². The quantitative estimate of drug-likeness (QED) is 0.613. The van der Waals surface area contributed by atoms with Gasteiger partial charge in [0.05, 0.1) is 5.25 Å². The van der Waals surface area contributed by atoms with E-state index in [1.54, 1.807) is 33.5 Å².